The number of aromatic nitrogens is 2. The minimum atomic E-state index is -0.0820. The lowest BCUT2D eigenvalue weighted by Crippen LogP contribution is -2.49. The van der Waals surface area contributed by atoms with E-state index in [0.29, 0.717) is 38.0 Å². The van der Waals surface area contributed by atoms with Crippen molar-refractivity contribution in [1.82, 2.24) is 14.5 Å². The van der Waals surface area contributed by atoms with Gasteiger partial charge in [-0.15, -0.1) is 11.3 Å². The molecule has 0 bridgehead atoms. The molecular weight excluding hydrogens is 388 g/mol. The van der Waals surface area contributed by atoms with Gasteiger partial charge in [0.05, 0.1) is 24.0 Å². The van der Waals surface area contributed by atoms with Gasteiger partial charge in [0.2, 0.25) is 5.91 Å². The van der Waals surface area contributed by atoms with Crippen LogP contribution in [0.3, 0.4) is 0 Å². The second kappa shape index (κ2) is 8.65. The number of amides is 1. The van der Waals surface area contributed by atoms with Crippen LogP contribution in [0.4, 0.5) is 5.69 Å². The summed E-state index contributed by atoms with van der Waals surface area (Å²) in [6.45, 7) is 5.80. The van der Waals surface area contributed by atoms with E-state index in [1.807, 2.05) is 35.4 Å². The predicted molar refractivity (Wildman–Crippen MR) is 115 cm³/mol. The van der Waals surface area contributed by atoms with Crippen LogP contribution < -0.4 is 15.2 Å². The zero-order valence-electron chi connectivity index (χ0n) is 16.4. The fraction of sp³-hybridized carbons (Fsp3) is 0.381. The highest BCUT2D eigenvalue weighted by molar-refractivity contribution is 7.16. The standard InChI is InChI=1S/C21H24N4O3S/c1-2-28-18-6-4-3-5-17(18)23-10-12-24(13-11-23)19(26)7-9-25-15-22-20-16(21(25)27)8-14-29-20/h3-6,8,14-15H,2,7,9-13H2,1H3. The van der Waals surface area contributed by atoms with Gasteiger partial charge in [-0.05, 0) is 30.5 Å². The molecule has 1 fully saturated rings. The summed E-state index contributed by atoms with van der Waals surface area (Å²) in [5.41, 5.74) is 0.990. The molecule has 2 aromatic heterocycles. The van der Waals surface area contributed by atoms with E-state index in [2.05, 4.69) is 16.0 Å². The predicted octanol–water partition coefficient (Wildman–Crippen LogP) is 2.60. The quantitative estimate of drug-likeness (QED) is 0.623. The number of carbonyl (C=O) groups excluding carboxylic acids is 1. The second-order valence-corrected chi connectivity index (χ2v) is 7.80. The number of ether oxygens (including phenoxy) is 1. The summed E-state index contributed by atoms with van der Waals surface area (Å²) in [4.78, 5) is 34.3. The van der Waals surface area contributed by atoms with Crippen molar-refractivity contribution >= 4 is 33.1 Å². The van der Waals surface area contributed by atoms with E-state index in [9.17, 15) is 9.59 Å². The van der Waals surface area contributed by atoms with Crippen LogP contribution in [0.5, 0.6) is 5.75 Å². The number of anilines is 1. The highest BCUT2D eigenvalue weighted by atomic mass is 32.1. The van der Waals surface area contributed by atoms with Gasteiger partial charge in [-0.2, -0.15) is 0 Å². The molecule has 4 rings (SSSR count). The molecule has 0 radical (unpaired) electrons. The Hall–Kier alpha value is -2.87. The molecule has 3 aromatic rings. The first kappa shape index (κ1) is 19.4. The molecule has 1 aromatic carbocycles. The maximum absolute atomic E-state index is 12.7. The van der Waals surface area contributed by atoms with E-state index < -0.39 is 0 Å². The van der Waals surface area contributed by atoms with Crippen molar-refractivity contribution in [1.29, 1.82) is 0 Å². The summed E-state index contributed by atoms with van der Waals surface area (Å²) >= 11 is 1.45. The van der Waals surface area contributed by atoms with Gasteiger partial charge in [-0.1, -0.05) is 12.1 Å². The Morgan fingerprint density at radius 1 is 1.17 bits per heavy atom. The summed E-state index contributed by atoms with van der Waals surface area (Å²) in [6, 6.07) is 9.80. The van der Waals surface area contributed by atoms with E-state index in [1.54, 1.807) is 6.07 Å². The number of benzene rings is 1. The van der Waals surface area contributed by atoms with E-state index in [1.165, 1.54) is 22.2 Å². The Kier molecular flexibility index (Phi) is 5.80. The van der Waals surface area contributed by atoms with E-state index in [0.717, 1.165) is 29.4 Å². The summed E-state index contributed by atoms with van der Waals surface area (Å²) in [5.74, 6) is 0.950. The number of aryl methyl sites for hydroxylation is 1. The Balaban J connectivity index is 1.34. The number of thiophene rings is 1. The van der Waals surface area contributed by atoms with Crippen LogP contribution in [-0.4, -0.2) is 53.1 Å². The third-order valence-electron chi connectivity index (χ3n) is 5.16. The minimum absolute atomic E-state index is 0.0695. The first-order chi connectivity index (χ1) is 14.2. The van der Waals surface area contributed by atoms with Crippen LogP contribution in [-0.2, 0) is 11.3 Å². The van der Waals surface area contributed by atoms with Gasteiger partial charge in [-0.25, -0.2) is 4.98 Å². The molecule has 0 unspecified atom stereocenters. The molecule has 1 aliphatic rings. The molecule has 0 N–H and O–H groups in total. The maximum atomic E-state index is 12.7. The van der Waals surface area contributed by atoms with Crippen LogP contribution in [0, 0.1) is 0 Å². The lowest BCUT2D eigenvalue weighted by atomic mass is 10.2. The van der Waals surface area contributed by atoms with Gasteiger partial charge in [0, 0.05) is 39.1 Å². The lowest BCUT2D eigenvalue weighted by molar-refractivity contribution is -0.131. The topological polar surface area (TPSA) is 67.7 Å². The SMILES string of the molecule is CCOc1ccccc1N1CCN(C(=O)CCn2cnc3sccc3c2=O)CC1. The summed E-state index contributed by atoms with van der Waals surface area (Å²) in [6.07, 6.45) is 1.84. The van der Waals surface area contributed by atoms with Gasteiger partial charge in [-0.3, -0.25) is 14.2 Å². The Labute approximate surface area is 173 Å². The molecule has 1 amide bonds. The first-order valence-corrected chi connectivity index (χ1v) is 10.7. The molecule has 0 saturated carbocycles. The summed E-state index contributed by atoms with van der Waals surface area (Å²) in [5, 5.41) is 2.48. The molecule has 7 nitrogen and oxygen atoms in total. The monoisotopic (exact) mass is 412 g/mol. The fourth-order valence-electron chi connectivity index (χ4n) is 3.62. The number of carbonyl (C=O) groups is 1. The molecule has 3 heterocycles. The number of piperazine rings is 1. The molecule has 0 atom stereocenters. The fourth-order valence-corrected chi connectivity index (χ4v) is 4.34. The number of hydrogen-bond donors (Lipinski definition) is 0. The molecule has 29 heavy (non-hydrogen) atoms. The van der Waals surface area contributed by atoms with Crippen molar-refractivity contribution in [3.63, 3.8) is 0 Å². The van der Waals surface area contributed by atoms with Gasteiger partial charge in [0.25, 0.3) is 5.56 Å². The number of nitrogens with zero attached hydrogens (tertiary/aromatic N) is 4. The Morgan fingerprint density at radius 3 is 2.76 bits per heavy atom. The average Bonchev–Trinajstić information content (AvgIpc) is 3.24. The normalized spacial score (nSPS) is 14.4. The smallest absolute Gasteiger partial charge is 0.262 e. The van der Waals surface area contributed by atoms with Crippen molar-refractivity contribution < 1.29 is 9.53 Å². The van der Waals surface area contributed by atoms with E-state index >= 15 is 0 Å². The van der Waals surface area contributed by atoms with Crippen LogP contribution >= 0.6 is 11.3 Å². The number of hydrogen-bond acceptors (Lipinski definition) is 6. The summed E-state index contributed by atoms with van der Waals surface area (Å²) < 4.78 is 7.26. The molecular formula is C21H24N4O3S. The summed E-state index contributed by atoms with van der Waals surface area (Å²) in [7, 11) is 0. The zero-order valence-corrected chi connectivity index (χ0v) is 17.2. The zero-order chi connectivity index (χ0) is 20.2. The highest BCUT2D eigenvalue weighted by Crippen LogP contribution is 2.28. The largest absolute Gasteiger partial charge is 0.492 e. The van der Waals surface area contributed by atoms with Crippen molar-refractivity contribution in [2.45, 2.75) is 19.9 Å². The van der Waals surface area contributed by atoms with Crippen molar-refractivity contribution in [2.24, 2.45) is 0 Å². The van der Waals surface area contributed by atoms with Gasteiger partial charge < -0.3 is 14.5 Å². The van der Waals surface area contributed by atoms with Crippen LogP contribution in [0.15, 0.2) is 46.8 Å². The van der Waals surface area contributed by atoms with Gasteiger partial charge in [0.15, 0.2) is 0 Å². The second-order valence-electron chi connectivity index (χ2n) is 6.90. The van der Waals surface area contributed by atoms with Crippen molar-refractivity contribution in [3.8, 4) is 5.75 Å². The van der Waals surface area contributed by atoms with Crippen molar-refractivity contribution in [2.75, 3.05) is 37.7 Å². The molecule has 152 valence electrons. The lowest BCUT2D eigenvalue weighted by Gasteiger charge is -2.36. The molecule has 8 heteroatoms. The molecule has 1 saturated heterocycles. The number of rotatable bonds is 6. The first-order valence-electron chi connectivity index (χ1n) is 9.84. The third kappa shape index (κ3) is 4.12. The number of para-hydroxylation sites is 2. The van der Waals surface area contributed by atoms with Gasteiger partial charge in [0.1, 0.15) is 10.6 Å². The Bertz CT molecular complexity index is 1050. The minimum Gasteiger partial charge on any atom is -0.492 e. The van der Waals surface area contributed by atoms with E-state index in [-0.39, 0.29) is 11.5 Å². The third-order valence-corrected chi connectivity index (χ3v) is 5.98. The molecule has 1 aliphatic heterocycles. The van der Waals surface area contributed by atoms with Crippen LogP contribution in [0.25, 0.3) is 10.2 Å². The number of fused-ring (bicyclic) bond motifs is 1. The van der Waals surface area contributed by atoms with Crippen LogP contribution in [0.2, 0.25) is 0 Å². The van der Waals surface area contributed by atoms with Gasteiger partial charge >= 0.3 is 0 Å². The van der Waals surface area contributed by atoms with E-state index in [4.69, 9.17) is 4.74 Å². The Morgan fingerprint density at radius 2 is 1.97 bits per heavy atom. The highest BCUT2D eigenvalue weighted by Gasteiger charge is 2.23. The molecule has 0 aliphatic carbocycles. The maximum Gasteiger partial charge on any atom is 0.262 e. The van der Waals surface area contributed by atoms with Crippen molar-refractivity contribution in [3.05, 3.63) is 52.4 Å². The average molecular weight is 413 g/mol. The van der Waals surface area contributed by atoms with Crippen LogP contribution in [0.1, 0.15) is 13.3 Å². The molecule has 0 spiro atoms.